The molecule has 0 atom stereocenters. The molecule has 2 fully saturated rings. The van der Waals surface area contributed by atoms with Crippen LogP contribution in [-0.4, -0.2) is 52.6 Å². The molecule has 0 unspecified atom stereocenters. The molecule has 0 aromatic rings. The summed E-state index contributed by atoms with van der Waals surface area (Å²) in [4.78, 5) is 26.8. The van der Waals surface area contributed by atoms with Crippen molar-refractivity contribution in [2.45, 2.75) is 52.0 Å². The maximum atomic E-state index is 12.5. The number of aliphatic carboxylic acids is 1. The average molecular weight is 268 g/mol. The molecule has 2 aliphatic rings. The fourth-order valence-corrected chi connectivity index (χ4v) is 2.52. The standard InChI is InChI=1S/C14H24N2O3/c1-14(2)6-9-15(10-7-14)13(19)16(11-3-4-11)8-5-12(17)18/h11H,3-10H2,1-2H3,(H,17,18). The van der Waals surface area contributed by atoms with E-state index in [1.54, 1.807) is 4.90 Å². The Kier molecular flexibility index (Phi) is 4.02. The predicted octanol–water partition coefficient (Wildman–Crippen LogP) is 2.17. The highest BCUT2D eigenvalue weighted by Gasteiger charge is 2.37. The van der Waals surface area contributed by atoms with Crippen molar-refractivity contribution in [3.8, 4) is 0 Å². The summed E-state index contributed by atoms with van der Waals surface area (Å²) in [7, 11) is 0. The Morgan fingerprint density at radius 1 is 1.26 bits per heavy atom. The molecule has 1 heterocycles. The Morgan fingerprint density at radius 2 is 1.84 bits per heavy atom. The number of likely N-dealkylation sites (tertiary alicyclic amines) is 1. The van der Waals surface area contributed by atoms with Crippen LogP contribution in [0.3, 0.4) is 0 Å². The highest BCUT2D eigenvalue weighted by atomic mass is 16.4. The van der Waals surface area contributed by atoms with Crippen molar-refractivity contribution in [3.63, 3.8) is 0 Å². The van der Waals surface area contributed by atoms with Crippen molar-refractivity contribution in [2.75, 3.05) is 19.6 Å². The number of hydrogen-bond donors (Lipinski definition) is 1. The second-order valence-electron chi connectivity index (χ2n) is 6.50. The lowest BCUT2D eigenvalue weighted by Gasteiger charge is -2.39. The van der Waals surface area contributed by atoms with E-state index in [-0.39, 0.29) is 18.5 Å². The quantitative estimate of drug-likeness (QED) is 0.850. The van der Waals surface area contributed by atoms with Gasteiger partial charge in [-0.1, -0.05) is 13.8 Å². The first-order valence-corrected chi connectivity index (χ1v) is 7.16. The number of urea groups is 1. The number of piperidine rings is 1. The van der Waals surface area contributed by atoms with Gasteiger partial charge in [0, 0.05) is 25.7 Å². The zero-order valence-corrected chi connectivity index (χ0v) is 11.9. The van der Waals surface area contributed by atoms with Crippen LogP contribution in [0.1, 0.15) is 46.0 Å². The van der Waals surface area contributed by atoms with Crippen LogP contribution < -0.4 is 0 Å². The van der Waals surface area contributed by atoms with Crippen LogP contribution in [-0.2, 0) is 4.79 Å². The number of amides is 2. The summed E-state index contributed by atoms with van der Waals surface area (Å²) in [6.07, 6.45) is 4.13. The first-order chi connectivity index (χ1) is 8.89. The Bertz CT molecular complexity index is 354. The van der Waals surface area contributed by atoms with Crippen LogP contribution in [0.25, 0.3) is 0 Å². The van der Waals surface area contributed by atoms with E-state index in [9.17, 15) is 9.59 Å². The van der Waals surface area contributed by atoms with Crippen LogP contribution in [0.4, 0.5) is 4.79 Å². The van der Waals surface area contributed by atoms with E-state index in [1.165, 1.54) is 0 Å². The van der Waals surface area contributed by atoms with Gasteiger partial charge >= 0.3 is 12.0 Å². The second kappa shape index (κ2) is 5.39. The fourth-order valence-electron chi connectivity index (χ4n) is 2.52. The Morgan fingerprint density at radius 3 is 2.32 bits per heavy atom. The first-order valence-electron chi connectivity index (χ1n) is 7.16. The van der Waals surface area contributed by atoms with E-state index < -0.39 is 5.97 Å². The number of carboxylic acids is 1. The van der Waals surface area contributed by atoms with Gasteiger partial charge in [0.05, 0.1) is 6.42 Å². The van der Waals surface area contributed by atoms with Crippen molar-refractivity contribution < 1.29 is 14.7 Å². The third-order valence-corrected chi connectivity index (χ3v) is 4.19. The van der Waals surface area contributed by atoms with E-state index in [1.807, 2.05) is 4.90 Å². The molecule has 1 saturated carbocycles. The van der Waals surface area contributed by atoms with Gasteiger partial charge in [0.25, 0.3) is 0 Å². The smallest absolute Gasteiger partial charge is 0.320 e. The van der Waals surface area contributed by atoms with E-state index in [0.717, 1.165) is 38.8 Å². The Labute approximate surface area is 114 Å². The lowest BCUT2D eigenvalue weighted by molar-refractivity contribution is -0.137. The van der Waals surface area contributed by atoms with Gasteiger partial charge in [0.2, 0.25) is 0 Å². The van der Waals surface area contributed by atoms with E-state index in [2.05, 4.69) is 13.8 Å². The molecule has 0 radical (unpaired) electrons. The highest BCUT2D eigenvalue weighted by Crippen LogP contribution is 2.32. The topological polar surface area (TPSA) is 60.9 Å². The van der Waals surface area contributed by atoms with Crippen molar-refractivity contribution in [3.05, 3.63) is 0 Å². The zero-order chi connectivity index (χ0) is 14.0. The summed E-state index contributed by atoms with van der Waals surface area (Å²) in [5, 5.41) is 8.77. The van der Waals surface area contributed by atoms with Gasteiger partial charge in [-0.3, -0.25) is 4.79 Å². The number of hydrogen-bond acceptors (Lipinski definition) is 2. The molecule has 2 amide bonds. The number of rotatable bonds is 4. The maximum absolute atomic E-state index is 12.5. The summed E-state index contributed by atoms with van der Waals surface area (Å²) >= 11 is 0. The number of carbonyl (C=O) groups excluding carboxylic acids is 1. The lowest BCUT2D eigenvalue weighted by Crippen LogP contribution is -2.49. The van der Waals surface area contributed by atoms with Gasteiger partial charge in [-0.15, -0.1) is 0 Å². The monoisotopic (exact) mass is 268 g/mol. The second-order valence-corrected chi connectivity index (χ2v) is 6.50. The van der Waals surface area contributed by atoms with Crippen molar-refractivity contribution >= 4 is 12.0 Å². The molecular weight excluding hydrogens is 244 g/mol. The first kappa shape index (κ1) is 14.2. The SMILES string of the molecule is CC1(C)CCN(C(=O)N(CCC(=O)O)C2CC2)CC1. The molecule has 5 nitrogen and oxygen atoms in total. The van der Waals surface area contributed by atoms with Crippen LogP contribution in [0.2, 0.25) is 0 Å². The van der Waals surface area contributed by atoms with Crippen molar-refractivity contribution in [1.29, 1.82) is 0 Å². The minimum Gasteiger partial charge on any atom is -0.481 e. The molecule has 108 valence electrons. The van der Waals surface area contributed by atoms with E-state index in [4.69, 9.17) is 5.11 Å². The zero-order valence-electron chi connectivity index (χ0n) is 11.9. The van der Waals surface area contributed by atoms with Gasteiger partial charge in [-0.2, -0.15) is 0 Å². The van der Waals surface area contributed by atoms with Gasteiger partial charge in [-0.05, 0) is 31.1 Å². The van der Waals surface area contributed by atoms with Gasteiger partial charge in [0.15, 0.2) is 0 Å². The minimum absolute atomic E-state index is 0.0410. The van der Waals surface area contributed by atoms with Crippen molar-refractivity contribution in [2.24, 2.45) is 5.41 Å². The van der Waals surface area contributed by atoms with Gasteiger partial charge in [-0.25, -0.2) is 4.79 Å². The number of carboxylic acid groups (broad SMARTS) is 1. The van der Waals surface area contributed by atoms with Crippen LogP contribution in [0.15, 0.2) is 0 Å². The van der Waals surface area contributed by atoms with Crippen molar-refractivity contribution in [1.82, 2.24) is 9.80 Å². The number of nitrogens with zero attached hydrogens (tertiary/aromatic N) is 2. The fraction of sp³-hybridized carbons (Fsp3) is 0.857. The molecule has 1 N–H and O–H groups in total. The largest absolute Gasteiger partial charge is 0.481 e. The highest BCUT2D eigenvalue weighted by molar-refractivity contribution is 5.76. The molecule has 5 heteroatoms. The normalized spacial score (nSPS) is 22.1. The molecule has 1 saturated heterocycles. The van der Waals surface area contributed by atoms with Crippen LogP contribution >= 0.6 is 0 Å². The molecule has 0 spiro atoms. The summed E-state index contributed by atoms with van der Waals surface area (Å²) in [5.41, 5.74) is 0.322. The molecule has 2 rings (SSSR count). The van der Waals surface area contributed by atoms with E-state index >= 15 is 0 Å². The average Bonchev–Trinajstić information content (AvgIpc) is 3.13. The third kappa shape index (κ3) is 3.85. The molecule has 0 aromatic carbocycles. The van der Waals surface area contributed by atoms with Gasteiger partial charge < -0.3 is 14.9 Å². The molecule has 1 aliphatic carbocycles. The summed E-state index contributed by atoms with van der Waals surface area (Å²) in [5.74, 6) is -0.835. The van der Waals surface area contributed by atoms with E-state index in [0.29, 0.717) is 12.0 Å². The Balaban J connectivity index is 1.90. The molecule has 1 aliphatic heterocycles. The Hall–Kier alpha value is -1.26. The molecular formula is C14H24N2O3. The molecule has 0 bridgehead atoms. The summed E-state index contributed by atoms with van der Waals surface area (Å²) in [6.45, 7) is 6.40. The predicted molar refractivity (Wildman–Crippen MR) is 72.0 cm³/mol. The summed E-state index contributed by atoms with van der Waals surface area (Å²) in [6, 6.07) is 0.320. The molecule has 19 heavy (non-hydrogen) atoms. The lowest BCUT2D eigenvalue weighted by atomic mass is 9.83. The molecule has 0 aromatic heterocycles. The minimum atomic E-state index is -0.835. The van der Waals surface area contributed by atoms with Crippen LogP contribution in [0, 0.1) is 5.41 Å². The number of carbonyl (C=O) groups is 2. The third-order valence-electron chi connectivity index (χ3n) is 4.19. The maximum Gasteiger partial charge on any atom is 0.320 e. The van der Waals surface area contributed by atoms with Gasteiger partial charge in [0.1, 0.15) is 0 Å². The summed E-state index contributed by atoms with van der Waals surface area (Å²) < 4.78 is 0. The van der Waals surface area contributed by atoms with Crippen LogP contribution in [0.5, 0.6) is 0 Å².